The highest BCUT2D eigenvalue weighted by molar-refractivity contribution is 6.39. The van der Waals surface area contributed by atoms with Crippen molar-refractivity contribution >= 4 is 35.3 Å². The monoisotopic (exact) mass is 458 g/mol. The first kappa shape index (κ1) is 24.2. The van der Waals surface area contributed by atoms with Crippen LogP contribution < -0.4 is 20.8 Å². The Morgan fingerprint density at radius 1 is 0.882 bits per heavy atom. The van der Waals surface area contributed by atoms with Gasteiger partial charge in [-0.05, 0) is 60.9 Å². The average molecular weight is 459 g/mol. The van der Waals surface area contributed by atoms with Gasteiger partial charge >= 0.3 is 11.8 Å². The van der Waals surface area contributed by atoms with Gasteiger partial charge in [0.2, 0.25) is 0 Å². The molecule has 0 heterocycles. The number of hydrazone groups is 1. The molecule has 3 aromatic carbocycles. The summed E-state index contributed by atoms with van der Waals surface area (Å²) < 4.78 is 5.62. The van der Waals surface area contributed by atoms with Crippen molar-refractivity contribution in [2.24, 2.45) is 5.10 Å². The zero-order valence-electron chi connectivity index (χ0n) is 19.0. The number of carbonyl (C=O) groups is 3. The molecule has 8 heteroatoms. The molecular weight excluding hydrogens is 432 g/mol. The van der Waals surface area contributed by atoms with Crippen molar-refractivity contribution in [2.75, 3.05) is 17.2 Å². The number of hydrogen-bond donors (Lipinski definition) is 3. The van der Waals surface area contributed by atoms with Gasteiger partial charge in [-0.15, -0.1) is 0 Å². The fourth-order valence-electron chi connectivity index (χ4n) is 3.00. The highest BCUT2D eigenvalue weighted by Crippen LogP contribution is 2.16. The van der Waals surface area contributed by atoms with Crippen LogP contribution in [0.1, 0.15) is 23.6 Å². The Morgan fingerprint density at radius 2 is 1.65 bits per heavy atom. The smallest absolute Gasteiger partial charge is 0.329 e. The van der Waals surface area contributed by atoms with Crippen LogP contribution in [0.5, 0.6) is 5.75 Å². The Bertz CT molecular complexity index is 1190. The van der Waals surface area contributed by atoms with E-state index in [4.69, 9.17) is 4.74 Å². The summed E-state index contributed by atoms with van der Waals surface area (Å²) in [5.41, 5.74) is 6.05. The van der Waals surface area contributed by atoms with Crippen LogP contribution >= 0.6 is 0 Å². The maximum atomic E-state index is 12.2. The molecule has 0 aromatic heterocycles. The van der Waals surface area contributed by atoms with Crippen molar-refractivity contribution in [3.63, 3.8) is 0 Å². The van der Waals surface area contributed by atoms with E-state index < -0.39 is 11.8 Å². The van der Waals surface area contributed by atoms with Gasteiger partial charge in [-0.2, -0.15) is 5.10 Å². The number of amides is 3. The first-order valence-electron chi connectivity index (χ1n) is 10.8. The molecule has 8 nitrogen and oxygen atoms in total. The number of anilines is 2. The molecular formula is C26H26N4O4. The molecule has 0 bridgehead atoms. The molecule has 3 N–H and O–H groups in total. The lowest BCUT2D eigenvalue weighted by Crippen LogP contribution is -2.32. The van der Waals surface area contributed by atoms with Crippen LogP contribution in [0.3, 0.4) is 0 Å². The summed E-state index contributed by atoms with van der Waals surface area (Å²) in [6.07, 6.45) is 2.27. The SMILES string of the molecule is CCc1ccc(NC(=O)COc2ccccc2/C=N\NC(=O)C(=O)Nc2cccc(C)c2)cc1. The van der Waals surface area contributed by atoms with E-state index in [0.29, 0.717) is 22.7 Å². The molecule has 0 spiro atoms. The normalized spacial score (nSPS) is 10.5. The number of nitrogens with one attached hydrogen (secondary N) is 3. The second-order valence-electron chi connectivity index (χ2n) is 7.45. The van der Waals surface area contributed by atoms with E-state index >= 15 is 0 Å². The lowest BCUT2D eigenvalue weighted by atomic mass is 10.1. The molecule has 3 aromatic rings. The fraction of sp³-hybridized carbons (Fsp3) is 0.154. The number of carbonyl (C=O) groups excluding carboxylic acids is 3. The van der Waals surface area contributed by atoms with Crippen LogP contribution in [-0.2, 0) is 20.8 Å². The van der Waals surface area contributed by atoms with E-state index in [1.165, 1.54) is 11.8 Å². The lowest BCUT2D eigenvalue weighted by Gasteiger charge is -2.10. The number of rotatable bonds is 8. The first-order valence-corrected chi connectivity index (χ1v) is 10.8. The molecule has 3 amide bonds. The summed E-state index contributed by atoms with van der Waals surface area (Å²) in [6.45, 7) is 3.74. The number of benzene rings is 3. The van der Waals surface area contributed by atoms with Crippen molar-refractivity contribution in [3.05, 3.63) is 89.5 Å². The van der Waals surface area contributed by atoms with Crippen molar-refractivity contribution in [2.45, 2.75) is 20.3 Å². The summed E-state index contributed by atoms with van der Waals surface area (Å²) in [4.78, 5) is 36.3. The van der Waals surface area contributed by atoms with Crippen LogP contribution in [-0.4, -0.2) is 30.5 Å². The maximum Gasteiger partial charge on any atom is 0.329 e. The molecule has 0 unspecified atom stereocenters. The van der Waals surface area contributed by atoms with Gasteiger partial charge in [-0.25, -0.2) is 5.43 Å². The number of ether oxygens (including phenoxy) is 1. The second kappa shape index (κ2) is 12.0. The quantitative estimate of drug-likeness (QED) is 0.272. The van der Waals surface area contributed by atoms with Gasteiger partial charge < -0.3 is 15.4 Å². The molecule has 0 saturated heterocycles. The summed E-state index contributed by atoms with van der Waals surface area (Å²) >= 11 is 0. The third-order valence-corrected chi connectivity index (χ3v) is 4.78. The zero-order chi connectivity index (χ0) is 24.3. The number of hydrogen-bond acceptors (Lipinski definition) is 5. The van der Waals surface area contributed by atoms with E-state index in [2.05, 4.69) is 28.1 Å². The third kappa shape index (κ3) is 7.30. The Labute approximate surface area is 198 Å². The standard InChI is InChI=1S/C26H26N4O4/c1-3-19-11-13-21(14-12-19)28-24(31)17-34-23-10-5-4-8-20(23)16-27-30-26(33)25(32)29-22-9-6-7-18(2)15-22/h4-16H,3,17H2,1-2H3,(H,28,31)(H,29,32)(H,30,33)/b27-16-. The Morgan fingerprint density at radius 3 is 2.38 bits per heavy atom. The van der Waals surface area contributed by atoms with Crippen molar-refractivity contribution in [3.8, 4) is 5.75 Å². The van der Waals surface area contributed by atoms with Crippen LogP contribution in [0.4, 0.5) is 11.4 Å². The highest BCUT2D eigenvalue weighted by atomic mass is 16.5. The second-order valence-corrected chi connectivity index (χ2v) is 7.45. The van der Waals surface area contributed by atoms with Gasteiger partial charge in [-0.3, -0.25) is 14.4 Å². The largest absolute Gasteiger partial charge is 0.483 e. The summed E-state index contributed by atoms with van der Waals surface area (Å²) in [7, 11) is 0. The molecule has 0 aliphatic heterocycles. The van der Waals surface area contributed by atoms with Crippen LogP contribution in [0.25, 0.3) is 0 Å². The summed E-state index contributed by atoms with van der Waals surface area (Å²) in [5, 5.41) is 9.11. The minimum absolute atomic E-state index is 0.203. The first-order chi connectivity index (χ1) is 16.4. The molecule has 174 valence electrons. The third-order valence-electron chi connectivity index (χ3n) is 4.78. The topological polar surface area (TPSA) is 109 Å². The van der Waals surface area contributed by atoms with Gasteiger partial charge in [-0.1, -0.05) is 43.3 Å². The van der Waals surface area contributed by atoms with Gasteiger partial charge in [0.25, 0.3) is 5.91 Å². The van der Waals surface area contributed by atoms with Gasteiger partial charge in [0.15, 0.2) is 6.61 Å². The van der Waals surface area contributed by atoms with Gasteiger partial charge in [0.05, 0.1) is 6.21 Å². The van der Waals surface area contributed by atoms with Gasteiger partial charge in [0, 0.05) is 16.9 Å². The molecule has 3 rings (SSSR count). The predicted octanol–water partition coefficient (Wildman–Crippen LogP) is 3.66. The Balaban J connectivity index is 1.52. The minimum atomic E-state index is -0.912. The predicted molar refractivity (Wildman–Crippen MR) is 132 cm³/mol. The van der Waals surface area contributed by atoms with Crippen molar-refractivity contribution in [1.82, 2.24) is 5.43 Å². The average Bonchev–Trinajstić information content (AvgIpc) is 2.84. The molecule has 34 heavy (non-hydrogen) atoms. The van der Waals surface area contributed by atoms with Crippen LogP contribution in [0.15, 0.2) is 77.9 Å². The Kier molecular flexibility index (Phi) is 8.51. The van der Waals surface area contributed by atoms with E-state index in [-0.39, 0.29) is 12.5 Å². The van der Waals surface area contributed by atoms with Crippen molar-refractivity contribution in [1.29, 1.82) is 0 Å². The molecule has 0 fully saturated rings. The van der Waals surface area contributed by atoms with Crippen LogP contribution in [0, 0.1) is 6.92 Å². The van der Waals surface area contributed by atoms with E-state index in [1.54, 1.807) is 42.5 Å². The van der Waals surface area contributed by atoms with E-state index in [9.17, 15) is 14.4 Å². The van der Waals surface area contributed by atoms with E-state index in [1.807, 2.05) is 37.3 Å². The fourth-order valence-corrected chi connectivity index (χ4v) is 3.00. The molecule has 0 saturated carbocycles. The number of nitrogens with zero attached hydrogens (tertiary/aromatic N) is 1. The van der Waals surface area contributed by atoms with Crippen LogP contribution in [0.2, 0.25) is 0 Å². The van der Waals surface area contributed by atoms with Gasteiger partial charge in [0.1, 0.15) is 5.75 Å². The summed E-state index contributed by atoms with van der Waals surface area (Å²) in [6, 6.07) is 21.6. The van der Waals surface area contributed by atoms with Crippen molar-refractivity contribution < 1.29 is 19.1 Å². The maximum absolute atomic E-state index is 12.2. The lowest BCUT2D eigenvalue weighted by molar-refractivity contribution is -0.136. The molecule has 0 radical (unpaired) electrons. The number of para-hydroxylation sites is 1. The van der Waals surface area contributed by atoms with E-state index in [0.717, 1.165) is 12.0 Å². The molecule has 0 aliphatic rings. The summed E-state index contributed by atoms with van der Waals surface area (Å²) in [5.74, 6) is -1.65. The minimum Gasteiger partial charge on any atom is -0.483 e. The molecule has 0 atom stereocenters. The Hall–Kier alpha value is -4.46. The molecule has 0 aliphatic carbocycles. The highest BCUT2D eigenvalue weighted by Gasteiger charge is 2.13. The zero-order valence-corrected chi connectivity index (χ0v) is 19.0. The number of aryl methyl sites for hydroxylation is 2.